The number of nitro groups is 1. The van der Waals surface area contributed by atoms with E-state index in [9.17, 15) is 14.9 Å². The highest BCUT2D eigenvalue weighted by molar-refractivity contribution is 5.94. The van der Waals surface area contributed by atoms with Crippen LogP contribution in [0.3, 0.4) is 0 Å². The van der Waals surface area contributed by atoms with Crippen molar-refractivity contribution < 1.29 is 15.0 Å². The summed E-state index contributed by atoms with van der Waals surface area (Å²) in [6.07, 6.45) is 0. The number of nitrogens with one attached hydrogen (secondary N) is 1. The molecule has 28 heavy (non-hydrogen) atoms. The average Bonchev–Trinajstić information content (AvgIpc) is 2.63. The predicted octanol–water partition coefficient (Wildman–Crippen LogP) is 3.93. The molecule has 0 unspecified atom stereocenters. The van der Waals surface area contributed by atoms with E-state index in [2.05, 4.69) is 57.3 Å². The number of hydrogen-bond acceptors (Lipinski definition) is 3. The van der Waals surface area contributed by atoms with Crippen LogP contribution in [0.1, 0.15) is 56.3 Å². The molecule has 1 amide bonds. The zero-order chi connectivity index (χ0) is 20.8. The largest absolute Gasteiger partial charge is 0.332 e. The summed E-state index contributed by atoms with van der Waals surface area (Å²) in [7, 11) is 0. The SMILES string of the molecule is Cc1cccc([N+](=O)[O-])c1NC(=O)C[NH2+][C@@H](c1ccc(C(C)C)cc1)C(C)C. The molecule has 150 valence electrons. The fourth-order valence-corrected chi connectivity index (χ4v) is 3.29. The number of nitrogens with zero attached hydrogens (tertiary/aromatic N) is 1. The topological polar surface area (TPSA) is 88.9 Å². The van der Waals surface area contributed by atoms with Gasteiger partial charge in [0.15, 0.2) is 6.54 Å². The highest BCUT2D eigenvalue weighted by atomic mass is 16.6. The number of benzene rings is 2. The summed E-state index contributed by atoms with van der Waals surface area (Å²) in [5.74, 6) is 0.568. The first-order valence-electron chi connectivity index (χ1n) is 9.67. The van der Waals surface area contributed by atoms with Crippen LogP contribution in [0.25, 0.3) is 0 Å². The fourth-order valence-electron chi connectivity index (χ4n) is 3.29. The van der Waals surface area contributed by atoms with Gasteiger partial charge in [0.05, 0.1) is 4.92 Å². The summed E-state index contributed by atoms with van der Waals surface area (Å²) >= 11 is 0. The molecule has 0 heterocycles. The standard InChI is InChI=1S/C22H29N3O3/c1-14(2)17-9-11-18(12-10-17)21(15(3)4)23-13-20(26)24-22-16(5)7-6-8-19(22)25(27)28/h6-12,14-15,21,23H,13H2,1-5H3,(H,24,26)/p+1/t21-/m1/s1. The molecule has 0 spiro atoms. The van der Waals surface area contributed by atoms with Crippen molar-refractivity contribution in [1.29, 1.82) is 0 Å². The lowest BCUT2D eigenvalue weighted by molar-refractivity contribution is -0.692. The fraction of sp³-hybridized carbons (Fsp3) is 0.409. The highest BCUT2D eigenvalue weighted by Gasteiger charge is 2.22. The number of amides is 1. The summed E-state index contributed by atoms with van der Waals surface area (Å²) in [5.41, 5.74) is 3.32. The third-order valence-electron chi connectivity index (χ3n) is 4.98. The number of carbonyl (C=O) groups excluding carboxylic acids is 1. The van der Waals surface area contributed by atoms with Crippen LogP contribution in [-0.4, -0.2) is 17.4 Å². The number of nitrogens with two attached hydrogens (primary N) is 1. The van der Waals surface area contributed by atoms with E-state index in [1.807, 2.05) is 5.32 Å². The van der Waals surface area contributed by atoms with Crippen molar-refractivity contribution in [3.8, 4) is 0 Å². The van der Waals surface area contributed by atoms with E-state index >= 15 is 0 Å². The van der Waals surface area contributed by atoms with E-state index in [0.717, 1.165) is 0 Å². The predicted molar refractivity (Wildman–Crippen MR) is 111 cm³/mol. The Kier molecular flexibility index (Phi) is 7.29. The maximum absolute atomic E-state index is 12.5. The lowest BCUT2D eigenvalue weighted by Crippen LogP contribution is -2.88. The summed E-state index contributed by atoms with van der Waals surface area (Å²) in [4.78, 5) is 23.2. The number of hydrogen-bond donors (Lipinski definition) is 2. The Morgan fingerprint density at radius 1 is 1.07 bits per heavy atom. The van der Waals surface area contributed by atoms with Crippen molar-refractivity contribution in [2.45, 2.75) is 46.6 Å². The van der Waals surface area contributed by atoms with E-state index < -0.39 is 4.92 Å². The molecule has 2 rings (SSSR count). The van der Waals surface area contributed by atoms with Crippen molar-refractivity contribution in [3.63, 3.8) is 0 Å². The molecule has 2 aromatic carbocycles. The third-order valence-corrected chi connectivity index (χ3v) is 4.98. The Labute approximate surface area is 166 Å². The van der Waals surface area contributed by atoms with Crippen LogP contribution in [0.4, 0.5) is 11.4 Å². The summed E-state index contributed by atoms with van der Waals surface area (Å²) in [5, 5.41) is 15.9. The Hall–Kier alpha value is -2.73. The van der Waals surface area contributed by atoms with Gasteiger partial charge in [-0.05, 0) is 24.0 Å². The number of nitro benzene ring substituents is 1. The molecule has 3 N–H and O–H groups in total. The second-order valence-corrected chi connectivity index (χ2v) is 7.81. The van der Waals surface area contributed by atoms with Gasteiger partial charge in [-0.1, -0.05) is 64.1 Å². The van der Waals surface area contributed by atoms with Crippen LogP contribution in [0.5, 0.6) is 0 Å². The van der Waals surface area contributed by atoms with E-state index in [1.54, 1.807) is 19.1 Å². The first kappa shape index (κ1) is 21.6. The molecule has 1 atom stereocenters. The van der Waals surface area contributed by atoms with Crippen LogP contribution in [0.15, 0.2) is 42.5 Å². The molecule has 0 aliphatic carbocycles. The number of quaternary nitrogens is 1. The minimum absolute atomic E-state index is 0.0852. The first-order valence-corrected chi connectivity index (χ1v) is 9.67. The normalized spacial score (nSPS) is 12.2. The van der Waals surface area contributed by atoms with Gasteiger partial charge in [0.25, 0.3) is 11.6 Å². The molecule has 0 aromatic heterocycles. The zero-order valence-electron chi connectivity index (χ0n) is 17.2. The summed E-state index contributed by atoms with van der Waals surface area (Å²) < 4.78 is 0. The molecule has 0 aliphatic heterocycles. The van der Waals surface area contributed by atoms with E-state index in [1.165, 1.54) is 17.2 Å². The van der Waals surface area contributed by atoms with Crippen LogP contribution < -0.4 is 10.6 Å². The Bertz CT molecular complexity index is 829. The molecule has 2 aromatic rings. The molecule has 0 bridgehead atoms. The molecule has 0 aliphatic rings. The van der Waals surface area contributed by atoms with Crippen molar-refractivity contribution >= 4 is 17.3 Å². The van der Waals surface area contributed by atoms with Gasteiger partial charge < -0.3 is 10.6 Å². The van der Waals surface area contributed by atoms with Gasteiger partial charge in [-0.15, -0.1) is 0 Å². The van der Waals surface area contributed by atoms with Gasteiger partial charge >= 0.3 is 0 Å². The summed E-state index contributed by atoms with van der Waals surface area (Å²) in [6.45, 7) is 10.5. The number of aryl methyl sites for hydroxylation is 1. The minimum Gasteiger partial charge on any atom is -0.332 e. The van der Waals surface area contributed by atoms with Crippen molar-refractivity contribution in [2.24, 2.45) is 5.92 Å². The number of carbonyl (C=O) groups is 1. The Morgan fingerprint density at radius 3 is 2.21 bits per heavy atom. The van der Waals surface area contributed by atoms with Gasteiger partial charge in [-0.2, -0.15) is 0 Å². The van der Waals surface area contributed by atoms with Gasteiger partial charge in [0, 0.05) is 17.5 Å². The quantitative estimate of drug-likeness (QED) is 0.534. The molecular weight excluding hydrogens is 354 g/mol. The lowest BCUT2D eigenvalue weighted by atomic mass is 9.93. The van der Waals surface area contributed by atoms with Gasteiger partial charge in [-0.25, -0.2) is 0 Å². The average molecular weight is 385 g/mol. The maximum Gasteiger partial charge on any atom is 0.293 e. The van der Waals surface area contributed by atoms with Crippen LogP contribution in [0.2, 0.25) is 0 Å². The monoisotopic (exact) mass is 384 g/mol. The van der Waals surface area contributed by atoms with Crippen LogP contribution >= 0.6 is 0 Å². The smallest absolute Gasteiger partial charge is 0.293 e. The van der Waals surface area contributed by atoms with Crippen molar-refractivity contribution in [1.82, 2.24) is 0 Å². The van der Waals surface area contributed by atoms with Crippen LogP contribution in [-0.2, 0) is 4.79 Å². The second-order valence-electron chi connectivity index (χ2n) is 7.81. The maximum atomic E-state index is 12.5. The van der Waals surface area contributed by atoms with E-state index in [-0.39, 0.29) is 29.9 Å². The first-order chi connectivity index (χ1) is 13.2. The number of rotatable bonds is 8. The van der Waals surface area contributed by atoms with Gasteiger partial charge in [0.1, 0.15) is 11.7 Å². The molecular formula is C22H30N3O3+. The number of para-hydroxylation sites is 1. The molecule has 0 saturated carbocycles. The zero-order valence-corrected chi connectivity index (χ0v) is 17.2. The van der Waals surface area contributed by atoms with Crippen molar-refractivity contribution in [2.75, 3.05) is 11.9 Å². The second kappa shape index (κ2) is 9.46. The van der Waals surface area contributed by atoms with Crippen molar-refractivity contribution in [3.05, 3.63) is 69.3 Å². The van der Waals surface area contributed by atoms with E-state index in [0.29, 0.717) is 17.4 Å². The molecule has 0 fully saturated rings. The third kappa shape index (κ3) is 5.39. The highest BCUT2D eigenvalue weighted by Crippen LogP contribution is 2.27. The molecule has 6 heteroatoms. The van der Waals surface area contributed by atoms with E-state index in [4.69, 9.17) is 0 Å². The Morgan fingerprint density at radius 2 is 1.68 bits per heavy atom. The molecule has 6 nitrogen and oxygen atoms in total. The van der Waals surface area contributed by atoms with Gasteiger partial charge in [-0.3, -0.25) is 14.9 Å². The lowest BCUT2D eigenvalue weighted by Gasteiger charge is -2.20. The minimum atomic E-state index is -0.473. The molecule has 0 saturated heterocycles. The Balaban J connectivity index is 2.08. The summed E-state index contributed by atoms with van der Waals surface area (Å²) in [6, 6.07) is 13.4. The van der Waals surface area contributed by atoms with Gasteiger partial charge in [0.2, 0.25) is 0 Å². The molecule has 0 radical (unpaired) electrons. The van der Waals surface area contributed by atoms with Crippen LogP contribution in [0, 0.1) is 23.0 Å². The number of anilines is 1.